The zero-order chi connectivity index (χ0) is 18.3. The fraction of sp³-hybridized carbons (Fsp3) is 0.368. The van der Waals surface area contributed by atoms with Crippen LogP contribution in [-0.2, 0) is 10.0 Å². The van der Waals surface area contributed by atoms with Gasteiger partial charge in [-0.25, -0.2) is 17.2 Å². The summed E-state index contributed by atoms with van der Waals surface area (Å²) in [4.78, 5) is 1.70. The molecule has 1 atom stereocenters. The first-order chi connectivity index (χ1) is 12.5. The lowest BCUT2D eigenvalue weighted by atomic mass is 10.0. The molecule has 1 aliphatic heterocycles. The van der Waals surface area contributed by atoms with E-state index in [4.69, 9.17) is 0 Å². The van der Waals surface area contributed by atoms with Crippen molar-refractivity contribution < 1.29 is 17.2 Å². The quantitative estimate of drug-likeness (QED) is 0.821. The first kappa shape index (κ1) is 17.6. The van der Waals surface area contributed by atoms with E-state index in [-0.39, 0.29) is 6.54 Å². The Balaban J connectivity index is 1.73. The van der Waals surface area contributed by atoms with Gasteiger partial charge in [0, 0.05) is 25.7 Å². The molecule has 138 valence electrons. The van der Waals surface area contributed by atoms with Crippen LogP contribution in [0.1, 0.15) is 24.4 Å². The maximum absolute atomic E-state index is 14.2. The van der Waals surface area contributed by atoms with Crippen LogP contribution in [0.25, 0.3) is 0 Å². The summed E-state index contributed by atoms with van der Waals surface area (Å²) in [5, 5.41) is 0. The molecule has 0 aromatic heterocycles. The number of rotatable bonds is 4. The minimum Gasteiger partial charge on any atom is -0.297 e. The van der Waals surface area contributed by atoms with Gasteiger partial charge in [-0.05, 0) is 36.6 Å². The summed E-state index contributed by atoms with van der Waals surface area (Å²) in [6, 6.07) is 12.0. The van der Waals surface area contributed by atoms with Crippen molar-refractivity contribution in [2.45, 2.75) is 29.8 Å². The fourth-order valence-electron chi connectivity index (χ4n) is 3.59. The molecule has 0 spiro atoms. The zero-order valence-corrected chi connectivity index (χ0v) is 15.0. The van der Waals surface area contributed by atoms with E-state index in [1.807, 2.05) is 30.3 Å². The van der Waals surface area contributed by atoms with Crippen LogP contribution in [0.4, 0.5) is 8.78 Å². The van der Waals surface area contributed by atoms with E-state index in [0.29, 0.717) is 19.1 Å². The number of hydrogen-bond donors (Lipinski definition) is 0. The lowest BCUT2D eigenvalue weighted by molar-refractivity contribution is 0.128. The summed E-state index contributed by atoms with van der Waals surface area (Å²) in [7, 11) is -4.15. The van der Waals surface area contributed by atoms with E-state index in [2.05, 4.69) is 4.90 Å². The first-order valence-electron chi connectivity index (χ1n) is 8.73. The van der Waals surface area contributed by atoms with Crippen molar-refractivity contribution in [1.29, 1.82) is 0 Å². The summed E-state index contributed by atoms with van der Waals surface area (Å²) in [5.41, 5.74) is 0.859. The van der Waals surface area contributed by atoms with Crippen molar-refractivity contribution in [3.63, 3.8) is 0 Å². The highest BCUT2D eigenvalue weighted by molar-refractivity contribution is 7.89. The van der Waals surface area contributed by atoms with Gasteiger partial charge in [0.05, 0.1) is 6.04 Å². The molecule has 4 nitrogen and oxygen atoms in total. The molecular formula is C19H20F2N2O2S. The SMILES string of the molecule is O=S(=O)(c1cc(F)ccc1F)N1CCN(C2CC2)CC1c1ccccc1. The van der Waals surface area contributed by atoms with E-state index >= 15 is 0 Å². The lowest BCUT2D eigenvalue weighted by Crippen LogP contribution is -2.51. The molecule has 0 amide bonds. The average molecular weight is 378 g/mol. The van der Waals surface area contributed by atoms with Crippen LogP contribution in [0.15, 0.2) is 53.4 Å². The third-order valence-corrected chi connectivity index (χ3v) is 7.01. The van der Waals surface area contributed by atoms with Crippen molar-refractivity contribution in [2.24, 2.45) is 0 Å². The van der Waals surface area contributed by atoms with Crippen LogP contribution in [0.3, 0.4) is 0 Å². The molecule has 2 aromatic carbocycles. The van der Waals surface area contributed by atoms with Gasteiger partial charge >= 0.3 is 0 Å². The molecule has 4 rings (SSSR count). The van der Waals surface area contributed by atoms with Gasteiger partial charge in [0.15, 0.2) is 0 Å². The number of halogens is 2. The molecule has 2 aromatic rings. The second-order valence-electron chi connectivity index (χ2n) is 6.84. The van der Waals surface area contributed by atoms with Gasteiger partial charge in [-0.3, -0.25) is 4.90 Å². The molecule has 1 saturated heterocycles. The number of hydrogen-bond acceptors (Lipinski definition) is 3. The third kappa shape index (κ3) is 3.26. The largest absolute Gasteiger partial charge is 0.297 e. The monoisotopic (exact) mass is 378 g/mol. The van der Waals surface area contributed by atoms with Crippen molar-refractivity contribution in [3.05, 3.63) is 65.7 Å². The predicted molar refractivity (Wildman–Crippen MR) is 94.0 cm³/mol. The number of piperazine rings is 1. The number of sulfonamides is 1. The minimum atomic E-state index is -4.15. The molecule has 7 heteroatoms. The average Bonchev–Trinajstić information content (AvgIpc) is 3.49. The Labute approximate surface area is 152 Å². The second kappa shape index (κ2) is 6.72. The van der Waals surface area contributed by atoms with Crippen LogP contribution in [-0.4, -0.2) is 43.3 Å². The standard InChI is InChI=1S/C19H20F2N2O2S/c20-15-6-9-17(21)19(12-15)26(24,25)23-11-10-22(16-7-8-16)13-18(23)14-4-2-1-3-5-14/h1-6,9,12,16,18H,7-8,10-11,13H2. The fourth-order valence-corrected chi connectivity index (χ4v) is 5.27. The highest BCUT2D eigenvalue weighted by atomic mass is 32.2. The molecule has 26 heavy (non-hydrogen) atoms. The molecule has 0 bridgehead atoms. The predicted octanol–water partition coefficient (Wildman–Crippen LogP) is 3.17. The van der Waals surface area contributed by atoms with E-state index in [1.54, 1.807) is 0 Å². The highest BCUT2D eigenvalue weighted by Crippen LogP contribution is 2.36. The van der Waals surface area contributed by atoms with Gasteiger partial charge in [-0.15, -0.1) is 0 Å². The normalized spacial score (nSPS) is 22.5. The molecular weight excluding hydrogens is 358 g/mol. The third-order valence-electron chi connectivity index (χ3n) is 5.09. The smallest absolute Gasteiger partial charge is 0.246 e. The van der Waals surface area contributed by atoms with Crippen molar-refractivity contribution >= 4 is 10.0 Å². The van der Waals surface area contributed by atoms with Gasteiger partial charge in [-0.1, -0.05) is 30.3 Å². The minimum absolute atomic E-state index is 0.258. The van der Waals surface area contributed by atoms with Gasteiger partial charge in [0.2, 0.25) is 10.0 Å². The van der Waals surface area contributed by atoms with Crippen LogP contribution < -0.4 is 0 Å². The summed E-state index contributed by atoms with van der Waals surface area (Å²) < 4.78 is 55.4. The zero-order valence-electron chi connectivity index (χ0n) is 14.2. The molecule has 0 radical (unpaired) electrons. The summed E-state index contributed by atoms with van der Waals surface area (Å²) >= 11 is 0. The van der Waals surface area contributed by atoms with Crippen LogP contribution in [0, 0.1) is 11.6 Å². The van der Waals surface area contributed by atoms with Crippen molar-refractivity contribution in [3.8, 4) is 0 Å². The molecule has 1 heterocycles. The molecule has 1 saturated carbocycles. The Morgan fingerprint density at radius 2 is 1.69 bits per heavy atom. The Kier molecular flexibility index (Phi) is 4.54. The number of nitrogens with zero attached hydrogens (tertiary/aromatic N) is 2. The van der Waals surface area contributed by atoms with Crippen LogP contribution in [0.5, 0.6) is 0 Å². The lowest BCUT2D eigenvalue weighted by Gasteiger charge is -2.41. The summed E-state index contributed by atoms with van der Waals surface area (Å²) in [5.74, 6) is -1.69. The second-order valence-corrected chi connectivity index (χ2v) is 8.70. The topological polar surface area (TPSA) is 40.6 Å². The van der Waals surface area contributed by atoms with Crippen LogP contribution >= 0.6 is 0 Å². The number of benzene rings is 2. The van der Waals surface area contributed by atoms with Gasteiger partial charge in [0.25, 0.3) is 0 Å². The van der Waals surface area contributed by atoms with Crippen molar-refractivity contribution in [1.82, 2.24) is 9.21 Å². The first-order valence-corrected chi connectivity index (χ1v) is 10.2. The highest BCUT2D eigenvalue weighted by Gasteiger charge is 2.41. The van der Waals surface area contributed by atoms with Crippen LogP contribution in [0.2, 0.25) is 0 Å². The molecule has 1 unspecified atom stereocenters. The Morgan fingerprint density at radius 3 is 2.38 bits per heavy atom. The molecule has 0 N–H and O–H groups in total. The maximum atomic E-state index is 14.2. The van der Waals surface area contributed by atoms with Crippen molar-refractivity contribution in [2.75, 3.05) is 19.6 Å². The molecule has 2 aliphatic rings. The molecule has 2 fully saturated rings. The van der Waals surface area contributed by atoms with E-state index in [1.165, 1.54) is 4.31 Å². The Bertz CT molecular complexity index is 901. The molecule has 1 aliphatic carbocycles. The Hall–Kier alpha value is -1.83. The summed E-state index contributed by atoms with van der Waals surface area (Å²) in [6.45, 7) is 1.42. The van der Waals surface area contributed by atoms with E-state index in [9.17, 15) is 17.2 Å². The van der Waals surface area contributed by atoms with E-state index < -0.39 is 32.6 Å². The maximum Gasteiger partial charge on any atom is 0.246 e. The summed E-state index contributed by atoms with van der Waals surface area (Å²) in [6.07, 6.45) is 2.26. The van der Waals surface area contributed by atoms with Gasteiger partial charge in [-0.2, -0.15) is 4.31 Å². The van der Waals surface area contributed by atoms with Gasteiger partial charge < -0.3 is 0 Å². The Morgan fingerprint density at radius 1 is 0.962 bits per heavy atom. The van der Waals surface area contributed by atoms with E-state index in [0.717, 1.165) is 36.6 Å². The van der Waals surface area contributed by atoms with Gasteiger partial charge in [0.1, 0.15) is 16.5 Å².